The Kier molecular flexibility index (Phi) is 5.59. The molecule has 3 N–H and O–H groups in total. The molecule has 1 unspecified atom stereocenters. The highest BCUT2D eigenvalue weighted by atomic mass is 35.5. The van der Waals surface area contributed by atoms with Gasteiger partial charge in [0.05, 0.1) is 22.9 Å². The maximum atomic E-state index is 13.2. The van der Waals surface area contributed by atoms with Crippen LogP contribution in [0.2, 0.25) is 5.02 Å². The molecule has 2 heterocycles. The van der Waals surface area contributed by atoms with E-state index in [4.69, 9.17) is 17.3 Å². The molecule has 0 spiro atoms. The maximum Gasteiger partial charge on any atom is 0.471 e. The molecule has 0 aromatic heterocycles. The summed E-state index contributed by atoms with van der Waals surface area (Å²) in [5.41, 5.74) is 7.61. The van der Waals surface area contributed by atoms with Crippen LogP contribution in [-0.2, 0) is 16.1 Å². The van der Waals surface area contributed by atoms with Crippen LogP contribution < -0.4 is 20.9 Å². The topological polar surface area (TPSA) is 95.7 Å². The number of fused-ring (bicyclic) bond motifs is 1. The van der Waals surface area contributed by atoms with Gasteiger partial charge in [0.2, 0.25) is 5.91 Å². The molecule has 1 atom stereocenters. The van der Waals surface area contributed by atoms with E-state index in [0.717, 1.165) is 0 Å². The summed E-state index contributed by atoms with van der Waals surface area (Å²) < 4.78 is 37.5. The van der Waals surface area contributed by atoms with Gasteiger partial charge in [0.1, 0.15) is 6.17 Å². The van der Waals surface area contributed by atoms with Crippen LogP contribution >= 0.6 is 11.6 Å². The van der Waals surface area contributed by atoms with Crippen molar-refractivity contribution in [2.75, 3.05) is 16.3 Å². The molecule has 3 amide bonds. The first-order chi connectivity index (χ1) is 15.1. The van der Waals surface area contributed by atoms with E-state index in [2.05, 4.69) is 0 Å². The second kappa shape index (κ2) is 8.10. The molecule has 0 aliphatic carbocycles. The summed E-state index contributed by atoms with van der Waals surface area (Å²) in [5.74, 6) is -2.67. The lowest BCUT2D eigenvalue weighted by Crippen LogP contribution is -2.42. The molecule has 4 rings (SSSR count). The summed E-state index contributed by atoms with van der Waals surface area (Å²) >= 11 is 6.42. The minimum absolute atomic E-state index is 0.0636. The van der Waals surface area contributed by atoms with Crippen molar-refractivity contribution in [2.45, 2.75) is 31.7 Å². The van der Waals surface area contributed by atoms with E-state index in [1.807, 2.05) is 0 Å². The predicted octanol–water partition coefficient (Wildman–Crippen LogP) is 3.26. The highest BCUT2D eigenvalue weighted by Gasteiger charge is 2.40. The molecule has 2 aliphatic rings. The average molecular weight is 467 g/mol. The monoisotopic (exact) mass is 466 g/mol. The summed E-state index contributed by atoms with van der Waals surface area (Å²) in [6, 6.07) is 9.41. The summed E-state index contributed by atoms with van der Waals surface area (Å²) in [4.78, 5) is 39.7. The van der Waals surface area contributed by atoms with E-state index in [1.165, 1.54) is 17.0 Å². The quantitative estimate of drug-likeness (QED) is 0.676. The van der Waals surface area contributed by atoms with Crippen LogP contribution in [0.15, 0.2) is 36.4 Å². The van der Waals surface area contributed by atoms with Gasteiger partial charge in [-0.3, -0.25) is 14.4 Å². The number of anilines is 2. The minimum atomic E-state index is -5.07. The normalized spacial score (nSPS) is 17.0. The molecule has 7 nitrogen and oxygen atoms in total. The van der Waals surface area contributed by atoms with Gasteiger partial charge in [-0.05, 0) is 35.7 Å². The van der Waals surface area contributed by atoms with E-state index in [9.17, 15) is 27.6 Å². The Balaban J connectivity index is 1.64. The molecule has 2 aromatic rings. The number of para-hydroxylation sites is 1. The Morgan fingerprint density at radius 3 is 2.56 bits per heavy atom. The van der Waals surface area contributed by atoms with Crippen molar-refractivity contribution in [3.63, 3.8) is 0 Å². The predicted molar refractivity (Wildman–Crippen MR) is 111 cm³/mol. The first kappa shape index (κ1) is 22.1. The lowest BCUT2D eigenvalue weighted by Gasteiger charge is -2.26. The third-order valence-corrected chi connectivity index (χ3v) is 5.75. The Hall–Kier alpha value is -3.11. The molecular formula is C21H18ClF3N4O3. The average Bonchev–Trinajstić information content (AvgIpc) is 3.30. The maximum absolute atomic E-state index is 13.2. The van der Waals surface area contributed by atoms with Gasteiger partial charge in [-0.1, -0.05) is 29.8 Å². The van der Waals surface area contributed by atoms with Crippen molar-refractivity contribution >= 4 is 40.7 Å². The Morgan fingerprint density at radius 1 is 1.16 bits per heavy atom. The van der Waals surface area contributed by atoms with E-state index in [1.54, 1.807) is 34.5 Å². The molecule has 0 saturated carbocycles. The van der Waals surface area contributed by atoms with E-state index in [0.29, 0.717) is 36.3 Å². The smallest absolute Gasteiger partial charge is 0.329 e. The number of hydrogen-bond acceptors (Lipinski definition) is 4. The Labute approximate surface area is 185 Å². The van der Waals surface area contributed by atoms with E-state index < -0.39 is 24.2 Å². The molecule has 1 fully saturated rings. The Morgan fingerprint density at radius 2 is 1.91 bits per heavy atom. The van der Waals surface area contributed by atoms with Gasteiger partial charge < -0.3 is 20.9 Å². The van der Waals surface area contributed by atoms with Crippen molar-refractivity contribution in [1.29, 1.82) is 0 Å². The number of alkyl halides is 3. The van der Waals surface area contributed by atoms with Crippen molar-refractivity contribution in [2.24, 2.45) is 5.73 Å². The second-order valence-corrected chi connectivity index (χ2v) is 7.92. The Bertz CT molecular complexity index is 1120. The highest BCUT2D eigenvalue weighted by Crippen LogP contribution is 2.42. The zero-order valence-electron chi connectivity index (χ0n) is 16.6. The number of nitrogens with one attached hydrogen (secondary N) is 1. The first-order valence-corrected chi connectivity index (χ1v) is 10.1. The fraction of sp³-hybridized carbons (Fsp3) is 0.286. The van der Waals surface area contributed by atoms with Crippen molar-refractivity contribution < 1.29 is 27.6 Å². The van der Waals surface area contributed by atoms with Gasteiger partial charge in [-0.2, -0.15) is 13.2 Å². The van der Waals surface area contributed by atoms with E-state index >= 15 is 0 Å². The molecule has 0 radical (unpaired) electrons. The van der Waals surface area contributed by atoms with Crippen LogP contribution in [0.3, 0.4) is 0 Å². The first-order valence-electron chi connectivity index (χ1n) is 9.75. The number of amides is 3. The zero-order chi connectivity index (χ0) is 23.2. The van der Waals surface area contributed by atoms with Crippen LogP contribution in [0.5, 0.6) is 0 Å². The standard InChI is InChI=1S/C21H18ClF3N4O3/c22-14-3-1-4-15(28-8-2-5-16(28)30)17(14)29-10-12-7-6-11(9-13(12)19(29)31)18(26)27-20(32)21(23,24)25/h1,3-4,6-7,9,18H,2,5,8,10,26H2,(H,27,32). The van der Waals surface area contributed by atoms with Gasteiger partial charge in [-0.15, -0.1) is 0 Å². The molecule has 11 heteroatoms. The summed E-state index contributed by atoms with van der Waals surface area (Å²) in [5, 5.41) is 1.96. The lowest BCUT2D eigenvalue weighted by molar-refractivity contribution is -0.174. The van der Waals surface area contributed by atoms with Crippen LogP contribution in [0, 0.1) is 0 Å². The highest BCUT2D eigenvalue weighted by molar-refractivity contribution is 6.35. The second-order valence-electron chi connectivity index (χ2n) is 7.51. The number of benzene rings is 2. The van der Waals surface area contributed by atoms with Gasteiger partial charge in [0.25, 0.3) is 5.91 Å². The fourth-order valence-corrected chi connectivity index (χ4v) is 4.16. The summed E-state index contributed by atoms with van der Waals surface area (Å²) in [6.45, 7) is 0.677. The third-order valence-electron chi connectivity index (χ3n) is 5.44. The fourth-order valence-electron chi connectivity index (χ4n) is 3.89. The van der Waals surface area contributed by atoms with Gasteiger partial charge in [-0.25, -0.2) is 0 Å². The third kappa shape index (κ3) is 3.91. The number of carbonyl (C=O) groups is 3. The van der Waals surface area contributed by atoms with Crippen LogP contribution in [0.1, 0.15) is 40.5 Å². The number of rotatable bonds is 4. The number of hydrogen-bond donors (Lipinski definition) is 2. The molecule has 168 valence electrons. The van der Waals surface area contributed by atoms with Gasteiger partial charge >= 0.3 is 12.1 Å². The van der Waals surface area contributed by atoms with Crippen LogP contribution in [0.25, 0.3) is 0 Å². The number of nitrogens with zero attached hydrogens (tertiary/aromatic N) is 2. The van der Waals surface area contributed by atoms with Gasteiger partial charge in [0.15, 0.2) is 0 Å². The SMILES string of the molecule is NC(NC(=O)C(F)(F)F)c1ccc2c(c1)C(=O)N(c1c(Cl)cccc1N1CCCC1=O)C2. The molecular weight excluding hydrogens is 449 g/mol. The number of nitrogens with two attached hydrogens (primary N) is 1. The largest absolute Gasteiger partial charge is 0.471 e. The van der Waals surface area contributed by atoms with Crippen LogP contribution in [-0.4, -0.2) is 30.4 Å². The van der Waals surface area contributed by atoms with Crippen LogP contribution in [0.4, 0.5) is 24.5 Å². The summed E-state index contributed by atoms with van der Waals surface area (Å²) in [6.07, 6.45) is -5.42. The summed E-state index contributed by atoms with van der Waals surface area (Å²) in [7, 11) is 0. The molecule has 0 bridgehead atoms. The molecule has 32 heavy (non-hydrogen) atoms. The molecule has 1 saturated heterocycles. The lowest BCUT2D eigenvalue weighted by atomic mass is 10.0. The van der Waals surface area contributed by atoms with Gasteiger partial charge in [0, 0.05) is 18.5 Å². The number of halogens is 4. The van der Waals surface area contributed by atoms with Crippen molar-refractivity contribution in [3.05, 3.63) is 58.1 Å². The van der Waals surface area contributed by atoms with Crippen molar-refractivity contribution in [1.82, 2.24) is 5.32 Å². The minimum Gasteiger partial charge on any atom is -0.329 e. The van der Waals surface area contributed by atoms with Crippen molar-refractivity contribution in [3.8, 4) is 0 Å². The molecule has 2 aromatic carbocycles. The zero-order valence-corrected chi connectivity index (χ0v) is 17.3. The number of carbonyl (C=O) groups excluding carboxylic acids is 3. The molecule has 2 aliphatic heterocycles. The van der Waals surface area contributed by atoms with E-state index in [-0.39, 0.29) is 28.6 Å².